The molecular weight excluding hydrogens is 322 g/mol. The van der Waals surface area contributed by atoms with Gasteiger partial charge in [0.05, 0.1) is 6.54 Å². The first-order valence-electron chi connectivity index (χ1n) is 6.76. The van der Waals surface area contributed by atoms with Crippen molar-refractivity contribution in [2.75, 3.05) is 19.6 Å². The smallest absolute Gasteiger partial charge is 0.272 e. The SMILES string of the molecule is CCCNC(=O)CN(CCC)C(=O)c1ccc(Br)cn1. The summed E-state index contributed by atoms with van der Waals surface area (Å²) < 4.78 is 0.816. The topological polar surface area (TPSA) is 62.3 Å². The van der Waals surface area contributed by atoms with Crippen LogP contribution in [0.4, 0.5) is 0 Å². The van der Waals surface area contributed by atoms with Gasteiger partial charge in [-0.05, 0) is 40.9 Å². The van der Waals surface area contributed by atoms with E-state index in [9.17, 15) is 9.59 Å². The Morgan fingerprint density at radius 2 is 2.05 bits per heavy atom. The lowest BCUT2D eigenvalue weighted by atomic mass is 10.3. The van der Waals surface area contributed by atoms with Crippen LogP contribution in [-0.2, 0) is 4.79 Å². The van der Waals surface area contributed by atoms with Gasteiger partial charge in [0, 0.05) is 23.8 Å². The van der Waals surface area contributed by atoms with Crippen molar-refractivity contribution in [3.05, 3.63) is 28.5 Å². The maximum Gasteiger partial charge on any atom is 0.272 e. The number of pyridine rings is 1. The third-order valence-electron chi connectivity index (χ3n) is 2.63. The molecule has 5 nitrogen and oxygen atoms in total. The highest BCUT2D eigenvalue weighted by atomic mass is 79.9. The summed E-state index contributed by atoms with van der Waals surface area (Å²) in [5.74, 6) is -0.350. The minimum atomic E-state index is -0.217. The van der Waals surface area contributed by atoms with Gasteiger partial charge in [0.1, 0.15) is 5.69 Å². The first-order chi connectivity index (χ1) is 9.58. The predicted octanol–water partition coefficient (Wildman–Crippen LogP) is 2.22. The molecule has 1 N–H and O–H groups in total. The average molecular weight is 342 g/mol. The Bertz CT molecular complexity index is 448. The number of rotatable bonds is 7. The van der Waals surface area contributed by atoms with E-state index in [0.717, 1.165) is 17.3 Å². The molecular formula is C14H20BrN3O2. The number of aromatic nitrogens is 1. The highest BCUT2D eigenvalue weighted by molar-refractivity contribution is 9.10. The number of carbonyl (C=O) groups is 2. The van der Waals surface area contributed by atoms with Gasteiger partial charge in [0.2, 0.25) is 5.91 Å². The molecule has 0 aliphatic rings. The Labute approximate surface area is 127 Å². The number of hydrogen-bond donors (Lipinski definition) is 1. The van der Waals surface area contributed by atoms with Gasteiger partial charge in [-0.15, -0.1) is 0 Å². The molecule has 110 valence electrons. The van der Waals surface area contributed by atoms with Crippen LogP contribution in [0.3, 0.4) is 0 Å². The maximum absolute atomic E-state index is 12.3. The van der Waals surface area contributed by atoms with Crippen molar-refractivity contribution in [2.24, 2.45) is 0 Å². The summed E-state index contributed by atoms with van der Waals surface area (Å²) in [4.78, 5) is 29.7. The van der Waals surface area contributed by atoms with Crippen molar-refractivity contribution in [2.45, 2.75) is 26.7 Å². The zero-order chi connectivity index (χ0) is 15.0. The van der Waals surface area contributed by atoms with Crippen LogP contribution in [0.1, 0.15) is 37.2 Å². The second kappa shape index (κ2) is 8.68. The quantitative estimate of drug-likeness (QED) is 0.827. The minimum Gasteiger partial charge on any atom is -0.355 e. The van der Waals surface area contributed by atoms with E-state index in [1.54, 1.807) is 18.3 Å². The fourth-order valence-corrected chi connectivity index (χ4v) is 1.91. The Balaban J connectivity index is 2.71. The molecule has 0 saturated heterocycles. The molecule has 0 fully saturated rings. The molecule has 1 aromatic rings. The van der Waals surface area contributed by atoms with E-state index in [0.29, 0.717) is 18.8 Å². The van der Waals surface area contributed by atoms with Gasteiger partial charge in [-0.1, -0.05) is 13.8 Å². The normalized spacial score (nSPS) is 10.2. The van der Waals surface area contributed by atoms with E-state index in [4.69, 9.17) is 0 Å². The Morgan fingerprint density at radius 3 is 2.60 bits per heavy atom. The summed E-state index contributed by atoms with van der Waals surface area (Å²) >= 11 is 3.28. The van der Waals surface area contributed by atoms with Gasteiger partial charge in [0.25, 0.3) is 5.91 Å². The molecule has 0 aliphatic heterocycles. The van der Waals surface area contributed by atoms with Crippen LogP contribution in [0.5, 0.6) is 0 Å². The molecule has 0 radical (unpaired) electrons. The number of carbonyl (C=O) groups excluding carboxylic acids is 2. The van der Waals surface area contributed by atoms with E-state index in [1.165, 1.54) is 4.90 Å². The van der Waals surface area contributed by atoms with Crippen LogP contribution in [0.25, 0.3) is 0 Å². The Hall–Kier alpha value is -1.43. The average Bonchev–Trinajstić information content (AvgIpc) is 2.44. The van der Waals surface area contributed by atoms with Crippen LogP contribution in [0.15, 0.2) is 22.8 Å². The molecule has 0 unspecified atom stereocenters. The summed E-state index contributed by atoms with van der Waals surface area (Å²) in [6, 6.07) is 3.42. The van der Waals surface area contributed by atoms with Crippen molar-refractivity contribution in [1.29, 1.82) is 0 Å². The summed E-state index contributed by atoms with van der Waals surface area (Å²) in [6.45, 7) is 5.20. The van der Waals surface area contributed by atoms with Gasteiger partial charge in [-0.2, -0.15) is 0 Å². The fourth-order valence-electron chi connectivity index (χ4n) is 1.68. The van der Waals surface area contributed by atoms with Gasteiger partial charge in [-0.3, -0.25) is 9.59 Å². The third kappa shape index (κ3) is 5.28. The summed E-state index contributed by atoms with van der Waals surface area (Å²) in [5.41, 5.74) is 0.352. The van der Waals surface area contributed by atoms with Gasteiger partial charge in [-0.25, -0.2) is 4.98 Å². The van der Waals surface area contributed by atoms with Crippen LogP contribution in [0, 0.1) is 0 Å². The molecule has 1 rings (SSSR count). The van der Waals surface area contributed by atoms with Crippen molar-refractivity contribution in [3.63, 3.8) is 0 Å². The summed E-state index contributed by atoms with van der Waals surface area (Å²) in [7, 11) is 0. The molecule has 20 heavy (non-hydrogen) atoms. The van der Waals surface area contributed by atoms with Gasteiger partial charge < -0.3 is 10.2 Å². The zero-order valence-corrected chi connectivity index (χ0v) is 13.4. The summed E-state index contributed by atoms with van der Waals surface area (Å²) in [5, 5.41) is 2.78. The zero-order valence-electron chi connectivity index (χ0n) is 11.9. The number of nitrogens with one attached hydrogen (secondary N) is 1. The van der Waals surface area contributed by atoms with Crippen molar-refractivity contribution in [3.8, 4) is 0 Å². The monoisotopic (exact) mass is 341 g/mol. The number of nitrogens with zero attached hydrogens (tertiary/aromatic N) is 2. The van der Waals surface area contributed by atoms with E-state index >= 15 is 0 Å². The second-order valence-corrected chi connectivity index (χ2v) is 5.35. The fraction of sp³-hybridized carbons (Fsp3) is 0.500. The van der Waals surface area contributed by atoms with E-state index in [-0.39, 0.29) is 18.4 Å². The summed E-state index contributed by atoms with van der Waals surface area (Å²) in [6.07, 6.45) is 3.25. The van der Waals surface area contributed by atoms with Crippen molar-refractivity contribution >= 4 is 27.7 Å². The Morgan fingerprint density at radius 1 is 1.30 bits per heavy atom. The number of amides is 2. The molecule has 0 atom stereocenters. The minimum absolute atomic E-state index is 0.0738. The van der Waals surface area contributed by atoms with Crippen LogP contribution in [0.2, 0.25) is 0 Å². The molecule has 0 aliphatic carbocycles. The lowest BCUT2D eigenvalue weighted by Gasteiger charge is -2.21. The first-order valence-corrected chi connectivity index (χ1v) is 7.55. The highest BCUT2D eigenvalue weighted by Gasteiger charge is 2.18. The lowest BCUT2D eigenvalue weighted by Crippen LogP contribution is -2.41. The van der Waals surface area contributed by atoms with E-state index < -0.39 is 0 Å². The molecule has 6 heteroatoms. The van der Waals surface area contributed by atoms with Crippen molar-refractivity contribution in [1.82, 2.24) is 15.2 Å². The molecule has 2 amide bonds. The van der Waals surface area contributed by atoms with Gasteiger partial charge >= 0.3 is 0 Å². The molecule has 1 heterocycles. The number of hydrogen-bond acceptors (Lipinski definition) is 3. The highest BCUT2D eigenvalue weighted by Crippen LogP contribution is 2.09. The maximum atomic E-state index is 12.3. The lowest BCUT2D eigenvalue weighted by molar-refractivity contribution is -0.121. The number of halogens is 1. The Kier molecular flexibility index (Phi) is 7.22. The van der Waals surface area contributed by atoms with Gasteiger partial charge in [0.15, 0.2) is 0 Å². The van der Waals surface area contributed by atoms with Crippen LogP contribution in [-0.4, -0.2) is 41.3 Å². The van der Waals surface area contributed by atoms with E-state index in [1.807, 2.05) is 13.8 Å². The van der Waals surface area contributed by atoms with Crippen molar-refractivity contribution < 1.29 is 9.59 Å². The second-order valence-electron chi connectivity index (χ2n) is 4.44. The first kappa shape index (κ1) is 16.6. The molecule has 0 spiro atoms. The third-order valence-corrected chi connectivity index (χ3v) is 3.10. The van der Waals surface area contributed by atoms with Crippen LogP contribution >= 0.6 is 15.9 Å². The predicted molar refractivity (Wildman–Crippen MR) is 81.4 cm³/mol. The van der Waals surface area contributed by atoms with E-state index in [2.05, 4.69) is 26.2 Å². The molecule has 0 bridgehead atoms. The molecule has 1 aromatic heterocycles. The standard InChI is InChI=1S/C14H20BrN3O2/c1-3-7-16-13(19)10-18(8-4-2)14(20)12-6-5-11(15)9-17-12/h5-6,9H,3-4,7-8,10H2,1-2H3,(H,16,19). The largest absolute Gasteiger partial charge is 0.355 e. The molecule has 0 saturated carbocycles. The molecule has 0 aromatic carbocycles. The van der Waals surface area contributed by atoms with Crippen LogP contribution < -0.4 is 5.32 Å².